The van der Waals surface area contributed by atoms with Gasteiger partial charge >= 0.3 is 0 Å². The third-order valence-electron chi connectivity index (χ3n) is 4.26. The van der Waals surface area contributed by atoms with Crippen molar-refractivity contribution >= 4 is 5.82 Å². The number of hydrogen-bond acceptors (Lipinski definition) is 4. The molecule has 1 aliphatic carbocycles. The Morgan fingerprint density at radius 3 is 2.60 bits per heavy atom. The molecule has 0 bridgehead atoms. The van der Waals surface area contributed by atoms with E-state index in [1.165, 1.54) is 25.7 Å². The lowest BCUT2D eigenvalue weighted by Crippen LogP contribution is -2.35. The van der Waals surface area contributed by atoms with Crippen LogP contribution in [0.15, 0.2) is 12.4 Å². The maximum atomic E-state index is 4.74. The molecule has 112 valence electrons. The maximum Gasteiger partial charge on any atom is 0.147 e. The quantitative estimate of drug-likeness (QED) is 0.897. The highest BCUT2D eigenvalue weighted by Gasteiger charge is 2.22. The standard InChI is InChI=1S/C16H28N4/c1-12(2)18-10-14-9-17-11-16(19-14)20(4)15-7-5-13(3)6-8-15/h9,11-13,15,18H,5-8,10H2,1-4H3. The Labute approximate surface area is 123 Å². The summed E-state index contributed by atoms with van der Waals surface area (Å²) in [5.74, 6) is 1.89. The molecule has 0 aliphatic heterocycles. The normalized spacial score (nSPS) is 23.1. The molecule has 1 aliphatic rings. The van der Waals surface area contributed by atoms with Crippen molar-refractivity contribution in [1.29, 1.82) is 0 Å². The molecule has 0 unspecified atom stereocenters. The fourth-order valence-electron chi connectivity index (χ4n) is 2.78. The minimum atomic E-state index is 0.470. The van der Waals surface area contributed by atoms with Crippen LogP contribution in [0.3, 0.4) is 0 Å². The number of rotatable bonds is 5. The van der Waals surface area contributed by atoms with Crippen LogP contribution in [0, 0.1) is 5.92 Å². The minimum absolute atomic E-state index is 0.470. The van der Waals surface area contributed by atoms with Crippen LogP contribution in [0.1, 0.15) is 52.1 Å². The second-order valence-electron chi connectivity index (χ2n) is 6.43. The predicted octanol–water partition coefficient (Wildman–Crippen LogP) is 2.99. The molecule has 0 spiro atoms. The van der Waals surface area contributed by atoms with E-state index in [-0.39, 0.29) is 0 Å². The van der Waals surface area contributed by atoms with Gasteiger partial charge in [-0.15, -0.1) is 0 Å². The van der Waals surface area contributed by atoms with Crippen molar-refractivity contribution in [2.24, 2.45) is 5.92 Å². The van der Waals surface area contributed by atoms with Gasteiger partial charge in [0.2, 0.25) is 0 Å². The molecule has 1 aromatic heterocycles. The molecule has 0 atom stereocenters. The van der Waals surface area contributed by atoms with E-state index in [2.05, 4.69) is 43.0 Å². The maximum absolute atomic E-state index is 4.74. The first-order valence-electron chi connectivity index (χ1n) is 7.83. The fraction of sp³-hybridized carbons (Fsp3) is 0.750. The number of nitrogens with one attached hydrogen (secondary N) is 1. The van der Waals surface area contributed by atoms with Crippen LogP contribution in [-0.4, -0.2) is 29.1 Å². The molecule has 1 aromatic rings. The minimum Gasteiger partial charge on any atom is -0.355 e. The second-order valence-corrected chi connectivity index (χ2v) is 6.43. The van der Waals surface area contributed by atoms with E-state index < -0.39 is 0 Å². The van der Waals surface area contributed by atoms with Crippen LogP contribution in [0.4, 0.5) is 5.82 Å². The Balaban J connectivity index is 1.98. The van der Waals surface area contributed by atoms with Crippen LogP contribution in [-0.2, 0) is 6.54 Å². The van der Waals surface area contributed by atoms with Gasteiger partial charge in [-0.1, -0.05) is 20.8 Å². The summed E-state index contributed by atoms with van der Waals surface area (Å²) in [7, 11) is 2.16. The Kier molecular flexibility index (Phi) is 5.35. The third-order valence-corrected chi connectivity index (χ3v) is 4.26. The molecule has 20 heavy (non-hydrogen) atoms. The zero-order chi connectivity index (χ0) is 14.5. The number of nitrogens with zero attached hydrogens (tertiary/aromatic N) is 3. The molecule has 1 N–H and O–H groups in total. The fourth-order valence-corrected chi connectivity index (χ4v) is 2.78. The first-order chi connectivity index (χ1) is 9.56. The van der Waals surface area contributed by atoms with E-state index in [9.17, 15) is 0 Å². The average Bonchev–Trinajstić information content (AvgIpc) is 2.45. The SMILES string of the molecule is CC1CCC(N(C)c2cncc(CNC(C)C)n2)CC1. The summed E-state index contributed by atoms with van der Waals surface area (Å²) in [4.78, 5) is 11.4. The van der Waals surface area contributed by atoms with E-state index in [1.54, 1.807) is 0 Å². The van der Waals surface area contributed by atoms with E-state index in [0.29, 0.717) is 12.1 Å². The second kappa shape index (κ2) is 7.02. The Hall–Kier alpha value is -1.16. The summed E-state index contributed by atoms with van der Waals surface area (Å²) < 4.78 is 0. The van der Waals surface area contributed by atoms with Gasteiger partial charge in [0, 0.05) is 31.9 Å². The molecule has 1 heterocycles. The van der Waals surface area contributed by atoms with Gasteiger partial charge in [0.1, 0.15) is 5.82 Å². The van der Waals surface area contributed by atoms with Gasteiger partial charge in [0.25, 0.3) is 0 Å². The van der Waals surface area contributed by atoms with Gasteiger partial charge in [0.05, 0.1) is 11.9 Å². The molecular formula is C16H28N4. The van der Waals surface area contributed by atoms with Crippen molar-refractivity contribution in [3.05, 3.63) is 18.1 Å². The zero-order valence-corrected chi connectivity index (χ0v) is 13.3. The molecule has 4 nitrogen and oxygen atoms in total. The zero-order valence-electron chi connectivity index (χ0n) is 13.3. The van der Waals surface area contributed by atoms with Gasteiger partial charge in [-0.25, -0.2) is 4.98 Å². The van der Waals surface area contributed by atoms with Gasteiger partial charge < -0.3 is 10.2 Å². The van der Waals surface area contributed by atoms with Crippen LogP contribution in [0.25, 0.3) is 0 Å². The Morgan fingerprint density at radius 2 is 1.95 bits per heavy atom. The lowest BCUT2D eigenvalue weighted by molar-refractivity contribution is 0.339. The van der Waals surface area contributed by atoms with Crippen molar-refractivity contribution in [2.75, 3.05) is 11.9 Å². The molecule has 0 saturated heterocycles. The first-order valence-corrected chi connectivity index (χ1v) is 7.83. The largest absolute Gasteiger partial charge is 0.355 e. The van der Waals surface area contributed by atoms with Crippen molar-refractivity contribution in [3.8, 4) is 0 Å². The van der Waals surface area contributed by atoms with Gasteiger partial charge in [-0.2, -0.15) is 0 Å². The Bertz CT molecular complexity index is 411. The van der Waals surface area contributed by atoms with Crippen LogP contribution >= 0.6 is 0 Å². The van der Waals surface area contributed by atoms with Crippen molar-refractivity contribution in [2.45, 2.75) is 65.1 Å². The molecule has 4 heteroatoms. The van der Waals surface area contributed by atoms with Crippen LogP contribution < -0.4 is 10.2 Å². The van der Waals surface area contributed by atoms with Gasteiger partial charge in [-0.05, 0) is 31.6 Å². The summed E-state index contributed by atoms with van der Waals surface area (Å²) in [5, 5.41) is 3.39. The van der Waals surface area contributed by atoms with E-state index in [4.69, 9.17) is 4.98 Å². The lowest BCUT2D eigenvalue weighted by Gasteiger charge is -2.34. The molecule has 1 saturated carbocycles. The van der Waals surface area contributed by atoms with Gasteiger partial charge in [0.15, 0.2) is 0 Å². The summed E-state index contributed by atoms with van der Waals surface area (Å²) in [6, 6.07) is 1.09. The molecular weight excluding hydrogens is 248 g/mol. The Morgan fingerprint density at radius 1 is 1.25 bits per heavy atom. The number of hydrogen-bond donors (Lipinski definition) is 1. The van der Waals surface area contributed by atoms with Crippen molar-refractivity contribution < 1.29 is 0 Å². The number of aromatic nitrogens is 2. The summed E-state index contributed by atoms with van der Waals surface area (Å²) in [6.07, 6.45) is 8.95. The summed E-state index contributed by atoms with van der Waals surface area (Å²) in [6.45, 7) is 7.43. The van der Waals surface area contributed by atoms with Crippen molar-refractivity contribution in [1.82, 2.24) is 15.3 Å². The molecule has 0 radical (unpaired) electrons. The lowest BCUT2D eigenvalue weighted by atomic mass is 9.87. The average molecular weight is 276 g/mol. The first kappa shape index (κ1) is 15.2. The third kappa shape index (κ3) is 4.17. The van der Waals surface area contributed by atoms with E-state index >= 15 is 0 Å². The highest BCUT2D eigenvalue weighted by Crippen LogP contribution is 2.28. The molecule has 2 rings (SSSR count). The van der Waals surface area contributed by atoms with E-state index in [1.807, 2.05) is 12.4 Å². The van der Waals surface area contributed by atoms with Crippen LogP contribution in [0.2, 0.25) is 0 Å². The predicted molar refractivity (Wildman–Crippen MR) is 83.8 cm³/mol. The summed E-state index contributed by atoms with van der Waals surface area (Å²) in [5.41, 5.74) is 1.02. The van der Waals surface area contributed by atoms with E-state index in [0.717, 1.165) is 24.0 Å². The topological polar surface area (TPSA) is 41.1 Å². The molecule has 0 amide bonds. The van der Waals surface area contributed by atoms with Gasteiger partial charge in [-0.3, -0.25) is 4.98 Å². The van der Waals surface area contributed by atoms with Crippen LogP contribution in [0.5, 0.6) is 0 Å². The molecule has 1 fully saturated rings. The highest BCUT2D eigenvalue weighted by molar-refractivity contribution is 5.36. The smallest absolute Gasteiger partial charge is 0.147 e. The number of anilines is 1. The highest BCUT2D eigenvalue weighted by atomic mass is 15.2. The molecule has 0 aromatic carbocycles. The summed E-state index contributed by atoms with van der Waals surface area (Å²) >= 11 is 0. The monoisotopic (exact) mass is 276 g/mol. The van der Waals surface area contributed by atoms with Crippen molar-refractivity contribution in [3.63, 3.8) is 0 Å².